The average Bonchev–Trinajstić information content (AvgIpc) is 3.21. The molecular formula is C16H15N3S. The van der Waals surface area contributed by atoms with Crippen LogP contribution in [0.1, 0.15) is 17.7 Å². The van der Waals surface area contributed by atoms with Crippen LogP contribution in [0.3, 0.4) is 0 Å². The molecule has 1 N–H and O–H groups in total. The Hall–Kier alpha value is -1.78. The molecule has 1 aliphatic carbocycles. The maximum absolute atomic E-state index is 4.57. The Morgan fingerprint density at radius 3 is 2.95 bits per heavy atom. The Morgan fingerprint density at radius 1 is 1.15 bits per heavy atom. The molecule has 3 aromatic rings. The minimum atomic E-state index is 0.736. The predicted molar refractivity (Wildman–Crippen MR) is 82.7 cm³/mol. The minimum absolute atomic E-state index is 0.736. The largest absolute Gasteiger partial charge is 0.309 e. The van der Waals surface area contributed by atoms with E-state index in [9.17, 15) is 0 Å². The molecule has 0 saturated heterocycles. The Bertz CT molecular complexity index is 741. The normalized spacial score (nSPS) is 14.8. The Kier molecular flexibility index (Phi) is 2.98. The number of rotatable bonds is 4. The van der Waals surface area contributed by atoms with Gasteiger partial charge in [0.05, 0.1) is 5.52 Å². The van der Waals surface area contributed by atoms with Gasteiger partial charge >= 0.3 is 0 Å². The van der Waals surface area contributed by atoms with Gasteiger partial charge in [0.1, 0.15) is 5.01 Å². The number of hydrogen-bond donors (Lipinski definition) is 1. The van der Waals surface area contributed by atoms with Gasteiger partial charge in [-0.05, 0) is 25.0 Å². The second-order valence-corrected chi connectivity index (χ2v) is 6.28. The van der Waals surface area contributed by atoms with Gasteiger partial charge in [-0.2, -0.15) is 0 Å². The number of benzene rings is 1. The highest BCUT2D eigenvalue weighted by molar-refractivity contribution is 7.15. The number of para-hydroxylation sites is 1. The van der Waals surface area contributed by atoms with Crippen LogP contribution in [0.15, 0.2) is 42.7 Å². The van der Waals surface area contributed by atoms with Crippen LogP contribution in [0.4, 0.5) is 0 Å². The van der Waals surface area contributed by atoms with Crippen LogP contribution in [0.2, 0.25) is 0 Å². The number of thiazole rings is 1. The third kappa shape index (κ3) is 2.32. The molecule has 0 bridgehead atoms. The van der Waals surface area contributed by atoms with Gasteiger partial charge in [-0.1, -0.05) is 18.2 Å². The highest BCUT2D eigenvalue weighted by Gasteiger charge is 2.20. The third-order valence-electron chi connectivity index (χ3n) is 3.56. The number of aromatic nitrogens is 2. The van der Waals surface area contributed by atoms with Crippen LogP contribution < -0.4 is 5.32 Å². The summed E-state index contributed by atoms with van der Waals surface area (Å²) in [5.41, 5.74) is 2.16. The topological polar surface area (TPSA) is 37.8 Å². The van der Waals surface area contributed by atoms with E-state index in [1.807, 2.05) is 18.5 Å². The van der Waals surface area contributed by atoms with E-state index < -0.39 is 0 Å². The summed E-state index contributed by atoms with van der Waals surface area (Å²) in [5.74, 6) is 0. The zero-order chi connectivity index (χ0) is 13.4. The van der Waals surface area contributed by atoms with Crippen LogP contribution in [-0.4, -0.2) is 16.0 Å². The van der Waals surface area contributed by atoms with Gasteiger partial charge in [0.15, 0.2) is 0 Å². The summed E-state index contributed by atoms with van der Waals surface area (Å²) >= 11 is 1.76. The van der Waals surface area contributed by atoms with Crippen LogP contribution in [0.5, 0.6) is 0 Å². The molecule has 0 aliphatic heterocycles. The van der Waals surface area contributed by atoms with E-state index in [0.717, 1.165) is 34.1 Å². The maximum atomic E-state index is 4.57. The van der Waals surface area contributed by atoms with Crippen molar-refractivity contribution >= 4 is 22.2 Å². The Balaban J connectivity index is 1.67. The standard InChI is InChI=1S/C16H15N3S/c1-3-11-4-2-8-17-15(11)14(5-1)16-19-10-13(20-16)9-18-12-6-7-12/h1-5,8,10,12,18H,6-7,9H2. The van der Waals surface area contributed by atoms with Gasteiger partial charge in [-0.25, -0.2) is 4.98 Å². The van der Waals surface area contributed by atoms with Crippen LogP contribution in [0, 0.1) is 0 Å². The summed E-state index contributed by atoms with van der Waals surface area (Å²) in [6.07, 6.45) is 6.46. The second kappa shape index (κ2) is 4.96. The third-order valence-corrected chi connectivity index (χ3v) is 4.59. The lowest BCUT2D eigenvalue weighted by molar-refractivity contribution is 0.694. The van der Waals surface area contributed by atoms with Crippen molar-refractivity contribution in [1.29, 1.82) is 0 Å². The molecule has 1 aliphatic rings. The summed E-state index contributed by atoms with van der Waals surface area (Å²) in [5, 5.41) is 5.75. The smallest absolute Gasteiger partial charge is 0.125 e. The molecule has 0 atom stereocenters. The van der Waals surface area contributed by atoms with Crippen molar-refractivity contribution in [2.45, 2.75) is 25.4 Å². The van der Waals surface area contributed by atoms with E-state index >= 15 is 0 Å². The second-order valence-electron chi connectivity index (χ2n) is 5.17. The Labute approximate surface area is 121 Å². The molecule has 1 saturated carbocycles. The number of pyridine rings is 1. The lowest BCUT2D eigenvalue weighted by Gasteiger charge is -2.02. The number of nitrogens with zero attached hydrogens (tertiary/aromatic N) is 2. The lowest BCUT2D eigenvalue weighted by Crippen LogP contribution is -2.14. The van der Waals surface area contributed by atoms with Crippen LogP contribution >= 0.6 is 11.3 Å². The van der Waals surface area contributed by atoms with Gasteiger partial charge in [-0.15, -0.1) is 11.3 Å². The molecular weight excluding hydrogens is 266 g/mol. The summed E-state index contributed by atoms with van der Waals surface area (Å²) in [7, 11) is 0. The number of nitrogens with one attached hydrogen (secondary N) is 1. The van der Waals surface area contributed by atoms with E-state index in [4.69, 9.17) is 0 Å². The van der Waals surface area contributed by atoms with Gasteiger partial charge in [0, 0.05) is 40.8 Å². The molecule has 1 fully saturated rings. The minimum Gasteiger partial charge on any atom is -0.309 e. The lowest BCUT2D eigenvalue weighted by atomic mass is 10.1. The van der Waals surface area contributed by atoms with E-state index in [1.165, 1.54) is 17.7 Å². The first-order valence-corrected chi connectivity index (χ1v) is 7.74. The number of hydrogen-bond acceptors (Lipinski definition) is 4. The summed E-state index contributed by atoms with van der Waals surface area (Å²) in [6.45, 7) is 0.931. The van der Waals surface area contributed by atoms with Gasteiger partial charge < -0.3 is 5.32 Å². The van der Waals surface area contributed by atoms with Crippen LogP contribution in [0.25, 0.3) is 21.5 Å². The van der Waals surface area contributed by atoms with Crippen molar-refractivity contribution in [3.8, 4) is 10.6 Å². The van der Waals surface area contributed by atoms with Gasteiger partial charge in [0.25, 0.3) is 0 Å². The summed E-state index contributed by atoms with van der Waals surface area (Å²) in [6, 6.07) is 11.1. The molecule has 2 heterocycles. The summed E-state index contributed by atoms with van der Waals surface area (Å²) in [4.78, 5) is 10.4. The average molecular weight is 281 g/mol. The SMILES string of the molecule is c1cnc2c(-c3ncc(CNC4CC4)s3)cccc2c1. The quantitative estimate of drug-likeness (QED) is 0.794. The van der Waals surface area contributed by atoms with E-state index in [0.29, 0.717) is 0 Å². The first-order valence-electron chi connectivity index (χ1n) is 6.92. The molecule has 2 aromatic heterocycles. The van der Waals surface area contributed by atoms with Gasteiger partial charge in [-0.3, -0.25) is 4.98 Å². The van der Waals surface area contributed by atoms with Crippen molar-refractivity contribution in [3.05, 3.63) is 47.6 Å². The molecule has 4 heteroatoms. The zero-order valence-corrected chi connectivity index (χ0v) is 11.9. The first-order chi connectivity index (χ1) is 9.90. The highest BCUT2D eigenvalue weighted by Crippen LogP contribution is 2.30. The predicted octanol–water partition coefficient (Wildman–Crippen LogP) is 3.61. The highest BCUT2D eigenvalue weighted by atomic mass is 32.1. The molecule has 0 radical (unpaired) electrons. The fraction of sp³-hybridized carbons (Fsp3) is 0.250. The van der Waals surface area contributed by atoms with Crippen molar-refractivity contribution in [3.63, 3.8) is 0 Å². The monoisotopic (exact) mass is 281 g/mol. The van der Waals surface area contributed by atoms with E-state index in [-0.39, 0.29) is 0 Å². The van der Waals surface area contributed by atoms with Crippen molar-refractivity contribution in [2.24, 2.45) is 0 Å². The van der Waals surface area contributed by atoms with Crippen molar-refractivity contribution in [2.75, 3.05) is 0 Å². The number of fused-ring (bicyclic) bond motifs is 1. The molecule has 4 rings (SSSR count). The van der Waals surface area contributed by atoms with Gasteiger partial charge in [0.2, 0.25) is 0 Å². The molecule has 0 spiro atoms. The van der Waals surface area contributed by atoms with Crippen LogP contribution in [-0.2, 0) is 6.54 Å². The molecule has 3 nitrogen and oxygen atoms in total. The van der Waals surface area contributed by atoms with E-state index in [2.05, 4.69) is 39.6 Å². The molecule has 20 heavy (non-hydrogen) atoms. The molecule has 0 unspecified atom stereocenters. The molecule has 100 valence electrons. The van der Waals surface area contributed by atoms with Crippen molar-refractivity contribution in [1.82, 2.24) is 15.3 Å². The first kappa shape index (κ1) is 12.0. The molecule has 0 amide bonds. The van der Waals surface area contributed by atoms with E-state index in [1.54, 1.807) is 11.3 Å². The molecule has 1 aromatic carbocycles. The fourth-order valence-corrected chi connectivity index (χ4v) is 3.21. The fourth-order valence-electron chi connectivity index (χ4n) is 2.32. The summed E-state index contributed by atoms with van der Waals surface area (Å²) < 4.78 is 0. The van der Waals surface area contributed by atoms with Crippen molar-refractivity contribution < 1.29 is 0 Å². The maximum Gasteiger partial charge on any atom is 0.125 e. The Morgan fingerprint density at radius 2 is 2.05 bits per heavy atom. The zero-order valence-electron chi connectivity index (χ0n) is 11.0.